The fourth-order valence-corrected chi connectivity index (χ4v) is 1.56. The van der Waals surface area contributed by atoms with E-state index in [4.69, 9.17) is 10.5 Å². The number of nitrogens with zero attached hydrogens (tertiary/aromatic N) is 2. The van der Waals surface area contributed by atoms with Crippen molar-refractivity contribution >= 4 is 5.82 Å². The molecule has 90 valence electrons. The maximum absolute atomic E-state index is 5.75. The molecule has 16 heavy (non-hydrogen) atoms. The molecule has 0 fully saturated rings. The van der Waals surface area contributed by atoms with Crippen molar-refractivity contribution in [2.45, 2.75) is 46.0 Å². The number of hydrogen-bond acceptors (Lipinski definition) is 4. The average Bonchev–Trinajstić information content (AvgIpc) is 2.29. The third-order valence-electron chi connectivity index (χ3n) is 2.53. The van der Waals surface area contributed by atoms with Gasteiger partial charge in [-0.2, -0.15) is 0 Å². The van der Waals surface area contributed by atoms with E-state index in [-0.39, 0.29) is 0 Å². The van der Waals surface area contributed by atoms with Crippen molar-refractivity contribution in [3.8, 4) is 5.88 Å². The molecule has 0 aliphatic heterocycles. The van der Waals surface area contributed by atoms with Gasteiger partial charge in [-0.3, -0.25) is 0 Å². The van der Waals surface area contributed by atoms with Crippen molar-refractivity contribution in [2.75, 3.05) is 12.3 Å². The number of anilines is 1. The molecular formula is C12H21N3O. The van der Waals surface area contributed by atoms with Gasteiger partial charge in [-0.25, -0.2) is 9.97 Å². The first kappa shape index (κ1) is 12.7. The van der Waals surface area contributed by atoms with Crippen LogP contribution in [-0.4, -0.2) is 16.6 Å². The van der Waals surface area contributed by atoms with Crippen LogP contribution in [-0.2, 0) is 6.42 Å². The van der Waals surface area contributed by atoms with E-state index in [1.54, 1.807) is 0 Å². The molecule has 0 aromatic carbocycles. The number of hydrogen-bond donors (Lipinski definition) is 1. The zero-order valence-corrected chi connectivity index (χ0v) is 10.2. The molecule has 0 saturated carbocycles. The number of aromatic nitrogens is 2. The molecule has 1 aromatic heterocycles. The number of nitrogens with two attached hydrogens (primary N) is 1. The van der Waals surface area contributed by atoms with Crippen LogP contribution in [0.5, 0.6) is 5.88 Å². The Bertz CT molecular complexity index is 315. The average molecular weight is 223 g/mol. The van der Waals surface area contributed by atoms with Gasteiger partial charge in [-0.05, 0) is 12.8 Å². The van der Waals surface area contributed by atoms with Gasteiger partial charge in [-0.1, -0.05) is 33.1 Å². The van der Waals surface area contributed by atoms with Crippen LogP contribution < -0.4 is 10.5 Å². The SMILES string of the molecule is CCCCCCOc1ncnc(N)c1CC. The fourth-order valence-electron chi connectivity index (χ4n) is 1.56. The van der Waals surface area contributed by atoms with Crippen LogP contribution in [0.15, 0.2) is 6.33 Å². The minimum atomic E-state index is 0.529. The van der Waals surface area contributed by atoms with Crippen molar-refractivity contribution in [2.24, 2.45) is 0 Å². The van der Waals surface area contributed by atoms with Crippen molar-refractivity contribution in [1.29, 1.82) is 0 Å². The zero-order chi connectivity index (χ0) is 11.8. The summed E-state index contributed by atoms with van der Waals surface area (Å²) in [6.45, 7) is 4.93. The van der Waals surface area contributed by atoms with Crippen molar-refractivity contribution in [3.63, 3.8) is 0 Å². The second-order valence-electron chi connectivity index (χ2n) is 3.81. The summed E-state index contributed by atoms with van der Waals surface area (Å²) in [7, 11) is 0. The van der Waals surface area contributed by atoms with E-state index in [1.165, 1.54) is 25.6 Å². The molecule has 0 aliphatic rings. The number of ether oxygens (including phenoxy) is 1. The minimum absolute atomic E-state index is 0.529. The molecular weight excluding hydrogens is 202 g/mol. The first-order chi connectivity index (χ1) is 7.79. The molecule has 1 rings (SSSR count). The molecule has 1 aromatic rings. The van der Waals surface area contributed by atoms with Crippen LogP contribution in [0.25, 0.3) is 0 Å². The molecule has 0 aliphatic carbocycles. The summed E-state index contributed by atoms with van der Waals surface area (Å²) in [5.41, 5.74) is 6.67. The van der Waals surface area contributed by atoms with Gasteiger partial charge in [0.25, 0.3) is 0 Å². The van der Waals surface area contributed by atoms with Crippen molar-refractivity contribution < 1.29 is 4.74 Å². The van der Waals surface area contributed by atoms with Crippen molar-refractivity contribution in [1.82, 2.24) is 9.97 Å². The van der Waals surface area contributed by atoms with Gasteiger partial charge in [0.15, 0.2) is 0 Å². The highest BCUT2D eigenvalue weighted by Crippen LogP contribution is 2.20. The van der Waals surface area contributed by atoms with E-state index >= 15 is 0 Å². The molecule has 1 heterocycles. The van der Waals surface area contributed by atoms with Crippen LogP contribution in [0.3, 0.4) is 0 Å². The summed E-state index contributed by atoms with van der Waals surface area (Å²) in [4.78, 5) is 8.07. The Labute approximate surface area is 97.2 Å². The van der Waals surface area contributed by atoms with Crippen LogP contribution in [0.1, 0.15) is 45.1 Å². The summed E-state index contributed by atoms with van der Waals surface area (Å²) in [5.74, 6) is 1.17. The van der Waals surface area contributed by atoms with Crippen LogP contribution >= 0.6 is 0 Å². The topological polar surface area (TPSA) is 61.0 Å². The molecule has 0 spiro atoms. The Kier molecular flexibility index (Phi) is 5.61. The van der Waals surface area contributed by atoms with Crippen LogP contribution in [0.4, 0.5) is 5.82 Å². The second-order valence-corrected chi connectivity index (χ2v) is 3.81. The van der Waals surface area contributed by atoms with E-state index in [1.807, 2.05) is 6.92 Å². The lowest BCUT2D eigenvalue weighted by atomic mass is 10.2. The lowest BCUT2D eigenvalue weighted by molar-refractivity contribution is 0.290. The predicted octanol–water partition coefficient (Wildman–Crippen LogP) is 2.58. The third-order valence-corrected chi connectivity index (χ3v) is 2.53. The van der Waals surface area contributed by atoms with Gasteiger partial charge in [-0.15, -0.1) is 0 Å². The Balaban J connectivity index is 2.44. The summed E-state index contributed by atoms with van der Waals surface area (Å²) >= 11 is 0. The van der Waals surface area contributed by atoms with Crippen LogP contribution in [0, 0.1) is 0 Å². The van der Waals surface area contributed by atoms with Gasteiger partial charge in [0.05, 0.1) is 12.2 Å². The first-order valence-electron chi connectivity index (χ1n) is 6.01. The Morgan fingerprint density at radius 3 is 2.69 bits per heavy atom. The quantitative estimate of drug-likeness (QED) is 0.722. The zero-order valence-electron chi connectivity index (χ0n) is 10.2. The molecule has 0 bridgehead atoms. The fraction of sp³-hybridized carbons (Fsp3) is 0.667. The molecule has 0 unspecified atom stereocenters. The third kappa shape index (κ3) is 3.68. The summed E-state index contributed by atoms with van der Waals surface area (Å²) in [6.07, 6.45) is 7.03. The van der Waals surface area contributed by atoms with E-state index in [9.17, 15) is 0 Å². The van der Waals surface area contributed by atoms with Gasteiger partial charge in [0.2, 0.25) is 5.88 Å². The predicted molar refractivity (Wildman–Crippen MR) is 65.5 cm³/mol. The van der Waals surface area contributed by atoms with Crippen LogP contribution in [0.2, 0.25) is 0 Å². The highest BCUT2D eigenvalue weighted by Gasteiger charge is 2.07. The summed E-state index contributed by atoms with van der Waals surface area (Å²) in [5, 5.41) is 0. The van der Waals surface area contributed by atoms with Gasteiger partial charge in [0.1, 0.15) is 12.1 Å². The first-order valence-corrected chi connectivity index (χ1v) is 6.01. The Morgan fingerprint density at radius 1 is 1.19 bits per heavy atom. The minimum Gasteiger partial charge on any atom is -0.477 e. The van der Waals surface area contributed by atoms with E-state index in [0.717, 1.165) is 18.4 Å². The van der Waals surface area contributed by atoms with Gasteiger partial charge < -0.3 is 10.5 Å². The molecule has 4 heteroatoms. The van der Waals surface area contributed by atoms with Gasteiger partial charge in [0, 0.05) is 0 Å². The normalized spacial score (nSPS) is 10.4. The highest BCUT2D eigenvalue weighted by molar-refractivity contribution is 5.44. The molecule has 0 atom stereocenters. The standard InChI is InChI=1S/C12H21N3O/c1-3-5-6-7-8-16-12-10(4-2)11(13)14-9-15-12/h9H,3-8H2,1-2H3,(H2,13,14,15). The molecule has 0 amide bonds. The Morgan fingerprint density at radius 2 is 2.00 bits per heavy atom. The van der Waals surface area contributed by atoms with Gasteiger partial charge >= 0.3 is 0 Å². The molecule has 2 N–H and O–H groups in total. The molecule has 4 nitrogen and oxygen atoms in total. The second kappa shape index (κ2) is 7.04. The Hall–Kier alpha value is -1.32. The maximum atomic E-state index is 5.75. The number of unbranched alkanes of at least 4 members (excludes halogenated alkanes) is 3. The largest absolute Gasteiger partial charge is 0.477 e. The molecule has 0 saturated heterocycles. The summed E-state index contributed by atoms with van der Waals surface area (Å²) < 4.78 is 5.62. The van der Waals surface area contributed by atoms with E-state index in [0.29, 0.717) is 18.3 Å². The lowest BCUT2D eigenvalue weighted by Gasteiger charge is -2.09. The molecule has 0 radical (unpaired) electrons. The van der Waals surface area contributed by atoms with E-state index < -0.39 is 0 Å². The highest BCUT2D eigenvalue weighted by atomic mass is 16.5. The van der Waals surface area contributed by atoms with E-state index in [2.05, 4.69) is 16.9 Å². The lowest BCUT2D eigenvalue weighted by Crippen LogP contribution is -2.05. The number of rotatable bonds is 7. The van der Waals surface area contributed by atoms with Crippen molar-refractivity contribution in [3.05, 3.63) is 11.9 Å². The maximum Gasteiger partial charge on any atom is 0.221 e. The number of nitrogen functional groups attached to an aromatic ring is 1. The monoisotopic (exact) mass is 223 g/mol. The smallest absolute Gasteiger partial charge is 0.221 e. The summed E-state index contributed by atoms with van der Waals surface area (Å²) in [6, 6.07) is 0.